The highest BCUT2D eigenvalue weighted by Gasteiger charge is 2.34. The van der Waals surface area contributed by atoms with Crippen LogP contribution in [0.2, 0.25) is 0 Å². The number of hydrogen-bond acceptors (Lipinski definition) is 5. The molecule has 0 aliphatic carbocycles. The summed E-state index contributed by atoms with van der Waals surface area (Å²) >= 11 is 0.902. The predicted octanol–water partition coefficient (Wildman–Crippen LogP) is 3.05. The molecule has 128 valence electrons. The quantitative estimate of drug-likeness (QED) is 0.833. The van der Waals surface area contributed by atoms with Crippen molar-refractivity contribution in [3.8, 4) is 0 Å². The molecule has 0 bridgehead atoms. The molecule has 2 heterocycles. The Morgan fingerprint density at radius 1 is 1.20 bits per heavy atom. The number of carbonyl (C=O) groups is 3. The Kier molecular flexibility index (Phi) is 5.04. The third kappa shape index (κ3) is 4.00. The summed E-state index contributed by atoms with van der Waals surface area (Å²) in [4.78, 5) is 37.8. The molecular weight excluding hydrogens is 340 g/mol. The van der Waals surface area contributed by atoms with Crippen LogP contribution in [0.25, 0.3) is 6.08 Å². The van der Waals surface area contributed by atoms with Gasteiger partial charge in [0, 0.05) is 13.1 Å². The summed E-state index contributed by atoms with van der Waals surface area (Å²) in [6.45, 7) is 2.02. The van der Waals surface area contributed by atoms with Gasteiger partial charge in [0.05, 0.1) is 4.91 Å². The summed E-state index contributed by atoms with van der Waals surface area (Å²) in [6, 6.07) is 12.6. The number of carbonyl (C=O) groups excluding carboxylic acids is 3. The maximum absolute atomic E-state index is 12.4. The number of amides is 3. The van der Waals surface area contributed by atoms with Gasteiger partial charge in [-0.1, -0.05) is 30.3 Å². The lowest BCUT2D eigenvalue weighted by atomic mass is 10.2. The number of benzene rings is 1. The maximum atomic E-state index is 12.4. The first-order chi connectivity index (χ1) is 12.0. The fourth-order valence-electron chi connectivity index (χ4n) is 2.32. The normalized spacial score (nSPS) is 15.9. The van der Waals surface area contributed by atoms with Crippen LogP contribution in [0.4, 0.5) is 4.79 Å². The second-order valence-corrected chi connectivity index (χ2v) is 6.40. The number of nitrogens with zero attached hydrogens (tertiary/aromatic N) is 1. The van der Waals surface area contributed by atoms with Crippen LogP contribution >= 0.6 is 11.8 Å². The average molecular weight is 356 g/mol. The van der Waals surface area contributed by atoms with Gasteiger partial charge in [0.1, 0.15) is 5.76 Å². The van der Waals surface area contributed by atoms with Crippen molar-refractivity contribution in [2.24, 2.45) is 0 Å². The molecule has 1 fully saturated rings. The van der Waals surface area contributed by atoms with Gasteiger partial charge in [-0.25, -0.2) is 0 Å². The number of hydrogen-bond donors (Lipinski definition) is 1. The van der Waals surface area contributed by atoms with Crippen LogP contribution in [-0.2, 0) is 4.79 Å². The molecule has 1 aliphatic heterocycles. The first-order valence-corrected chi connectivity index (χ1v) is 8.51. The maximum Gasteiger partial charge on any atom is 0.293 e. The standard InChI is InChI=1S/C18H16N2O4S/c1-12-7-8-14(24-12)16(21)19-9-10-20-17(22)15(25-18(20)23)11-13-5-3-2-4-6-13/h2-8,11H,9-10H2,1H3,(H,19,21)/b15-11-. The highest BCUT2D eigenvalue weighted by atomic mass is 32.2. The minimum atomic E-state index is -0.375. The number of nitrogens with one attached hydrogen (secondary N) is 1. The van der Waals surface area contributed by atoms with Crippen molar-refractivity contribution in [1.29, 1.82) is 0 Å². The highest BCUT2D eigenvalue weighted by molar-refractivity contribution is 8.18. The zero-order chi connectivity index (χ0) is 17.8. The second-order valence-electron chi connectivity index (χ2n) is 5.41. The fraction of sp³-hybridized carbons (Fsp3) is 0.167. The van der Waals surface area contributed by atoms with E-state index in [1.54, 1.807) is 25.1 Å². The predicted molar refractivity (Wildman–Crippen MR) is 94.9 cm³/mol. The minimum absolute atomic E-state index is 0.113. The van der Waals surface area contributed by atoms with E-state index in [0.29, 0.717) is 10.7 Å². The van der Waals surface area contributed by atoms with Gasteiger partial charge < -0.3 is 9.73 Å². The van der Waals surface area contributed by atoms with E-state index >= 15 is 0 Å². The van der Waals surface area contributed by atoms with Crippen molar-refractivity contribution in [3.05, 3.63) is 64.5 Å². The van der Waals surface area contributed by atoms with Gasteiger partial charge in [0.25, 0.3) is 17.1 Å². The average Bonchev–Trinajstić information content (AvgIpc) is 3.14. The molecule has 1 aliphatic rings. The fourth-order valence-corrected chi connectivity index (χ4v) is 3.18. The SMILES string of the molecule is Cc1ccc(C(=O)NCCN2C(=O)S/C(=C\c3ccccc3)C2=O)o1. The van der Waals surface area contributed by atoms with Gasteiger partial charge >= 0.3 is 0 Å². The van der Waals surface area contributed by atoms with E-state index in [9.17, 15) is 14.4 Å². The van der Waals surface area contributed by atoms with E-state index in [2.05, 4.69) is 5.32 Å². The molecule has 7 heteroatoms. The van der Waals surface area contributed by atoms with Crippen LogP contribution in [0.3, 0.4) is 0 Å². The molecule has 1 N–H and O–H groups in total. The Hall–Kier alpha value is -2.80. The van der Waals surface area contributed by atoms with E-state index in [1.165, 1.54) is 0 Å². The van der Waals surface area contributed by atoms with Crippen LogP contribution in [0.15, 0.2) is 51.8 Å². The molecule has 1 aromatic carbocycles. The Morgan fingerprint density at radius 2 is 1.96 bits per heavy atom. The topological polar surface area (TPSA) is 79.6 Å². The lowest BCUT2D eigenvalue weighted by Gasteiger charge is -2.12. The molecule has 0 saturated carbocycles. The van der Waals surface area contributed by atoms with E-state index in [0.717, 1.165) is 22.2 Å². The zero-order valence-corrected chi connectivity index (χ0v) is 14.3. The van der Waals surface area contributed by atoms with Crippen LogP contribution in [0.5, 0.6) is 0 Å². The Morgan fingerprint density at radius 3 is 2.64 bits per heavy atom. The van der Waals surface area contributed by atoms with E-state index in [4.69, 9.17) is 4.42 Å². The van der Waals surface area contributed by atoms with Crippen molar-refractivity contribution in [2.75, 3.05) is 13.1 Å². The molecule has 3 rings (SSSR count). The molecule has 0 unspecified atom stereocenters. The summed E-state index contributed by atoms with van der Waals surface area (Å²) < 4.78 is 5.22. The number of rotatable bonds is 5. The monoisotopic (exact) mass is 356 g/mol. The molecule has 0 atom stereocenters. The Balaban J connectivity index is 1.58. The van der Waals surface area contributed by atoms with Crippen molar-refractivity contribution in [1.82, 2.24) is 10.2 Å². The molecular formula is C18H16N2O4S. The summed E-state index contributed by atoms with van der Waals surface area (Å²) in [5.41, 5.74) is 0.856. The largest absolute Gasteiger partial charge is 0.456 e. The van der Waals surface area contributed by atoms with E-state index in [1.807, 2.05) is 30.3 Å². The number of furan rings is 1. The summed E-state index contributed by atoms with van der Waals surface area (Å²) in [6.07, 6.45) is 1.69. The van der Waals surface area contributed by atoms with Gasteiger partial charge in [-0.15, -0.1) is 0 Å². The van der Waals surface area contributed by atoms with Gasteiger partial charge in [-0.05, 0) is 42.5 Å². The first-order valence-electron chi connectivity index (χ1n) is 7.69. The third-order valence-electron chi connectivity index (χ3n) is 3.56. The minimum Gasteiger partial charge on any atom is -0.456 e. The molecule has 2 aromatic rings. The summed E-state index contributed by atoms with van der Waals surface area (Å²) in [7, 11) is 0. The summed E-state index contributed by atoms with van der Waals surface area (Å²) in [5.74, 6) is 0.125. The van der Waals surface area contributed by atoms with Crippen LogP contribution in [0, 0.1) is 6.92 Å². The Bertz CT molecular complexity index is 842. The van der Waals surface area contributed by atoms with Crippen molar-refractivity contribution >= 4 is 34.9 Å². The van der Waals surface area contributed by atoms with Crippen molar-refractivity contribution < 1.29 is 18.8 Å². The highest BCUT2D eigenvalue weighted by Crippen LogP contribution is 2.31. The lowest BCUT2D eigenvalue weighted by molar-refractivity contribution is -0.122. The molecule has 3 amide bonds. The summed E-state index contributed by atoms with van der Waals surface area (Å²) in [5, 5.41) is 2.30. The lowest BCUT2D eigenvalue weighted by Crippen LogP contribution is -2.37. The van der Waals surface area contributed by atoms with Gasteiger partial charge in [0.2, 0.25) is 0 Å². The van der Waals surface area contributed by atoms with E-state index < -0.39 is 0 Å². The molecule has 25 heavy (non-hydrogen) atoms. The smallest absolute Gasteiger partial charge is 0.293 e. The van der Waals surface area contributed by atoms with Crippen LogP contribution < -0.4 is 5.32 Å². The molecule has 1 saturated heterocycles. The molecule has 1 aromatic heterocycles. The van der Waals surface area contributed by atoms with E-state index in [-0.39, 0.29) is 35.9 Å². The number of thioether (sulfide) groups is 1. The molecule has 0 radical (unpaired) electrons. The third-order valence-corrected chi connectivity index (χ3v) is 4.46. The number of imide groups is 1. The van der Waals surface area contributed by atoms with Crippen molar-refractivity contribution in [3.63, 3.8) is 0 Å². The molecule has 6 nitrogen and oxygen atoms in total. The van der Waals surface area contributed by atoms with Gasteiger partial charge in [-0.3, -0.25) is 19.3 Å². The number of aryl methyl sites for hydroxylation is 1. The second kappa shape index (κ2) is 7.40. The molecule has 0 spiro atoms. The zero-order valence-electron chi connectivity index (χ0n) is 13.5. The van der Waals surface area contributed by atoms with Gasteiger partial charge in [0.15, 0.2) is 5.76 Å². The van der Waals surface area contributed by atoms with Crippen molar-refractivity contribution in [2.45, 2.75) is 6.92 Å². The van der Waals surface area contributed by atoms with Crippen LogP contribution in [0.1, 0.15) is 21.9 Å². The van der Waals surface area contributed by atoms with Gasteiger partial charge in [-0.2, -0.15) is 0 Å². The van der Waals surface area contributed by atoms with Crippen LogP contribution in [-0.4, -0.2) is 35.0 Å². The first kappa shape index (κ1) is 17.0. The Labute approximate surface area is 148 Å².